The van der Waals surface area contributed by atoms with Gasteiger partial charge in [-0.2, -0.15) is 0 Å². The van der Waals surface area contributed by atoms with E-state index >= 15 is 0 Å². The fourth-order valence-electron chi connectivity index (χ4n) is 4.58. The predicted molar refractivity (Wildman–Crippen MR) is 80.5 cm³/mol. The van der Waals surface area contributed by atoms with Crippen molar-refractivity contribution in [3.8, 4) is 0 Å². The summed E-state index contributed by atoms with van der Waals surface area (Å²) in [5.74, 6) is 0. The zero-order valence-electron chi connectivity index (χ0n) is 12.6. The van der Waals surface area contributed by atoms with Crippen molar-refractivity contribution in [2.45, 2.75) is 70.0 Å². The van der Waals surface area contributed by atoms with Gasteiger partial charge in [0.2, 0.25) is 0 Å². The summed E-state index contributed by atoms with van der Waals surface area (Å²) in [6.07, 6.45) is 10.1. The van der Waals surface area contributed by atoms with Gasteiger partial charge in [0.1, 0.15) is 0 Å². The molecule has 0 spiro atoms. The molecule has 19 heavy (non-hydrogen) atoms. The van der Waals surface area contributed by atoms with Gasteiger partial charge in [-0.3, -0.25) is 9.80 Å². The Morgan fingerprint density at radius 3 is 2.21 bits per heavy atom. The van der Waals surface area contributed by atoms with E-state index < -0.39 is 0 Å². The van der Waals surface area contributed by atoms with Gasteiger partial charge in [-0.25, -0.2) is 0 Å². The van der Waals surface area contributed by atoms with E-state index in [-0.39, 0.29) is 0 Å². The number of hydrogen-bond donors (Lipinski definition) is 1. The molecule has 110 valence electrons. The van der Waals surface area contributed by atoms with Gasteiger partial charge in [-0.1, -0.05) is 26.2 Å². The molecule has 3 nitrogen and oxygen atoms in total. The number of hydrogen-bond acceptors (Lipinski definition) is 3. The molecule has 2 atom stereocenters. The van der Waals surface area contributed by atoms with Crippen LogP contribution in [0.4, 0.5) is 0 Å². The summed E-state index contributed by atoms with van der Waals surface area (Å²) >= 11 is 0. The van der Waals surface area contributed by atoms with Crippen LogP contribution in [-0.2, 0) is 0 Å². The van der Waals surface area contributed by atoms with Crippen molar-refractivity contribution in [2.24, 2.45) is 0 Å². The SMILES string of the molecule is CCNC1CCCC1N1CCN(C2CCCC2)CC1. The van der Waals surface area contributed by atoms with Crippen LogP contribution in [0.1, 0.15) is 51.9 Å². The van der Waals surface area contributed by atoms with E-state index in [0.29, 0.717) is 0 Å². The summed E-state index contributed by atoms with van der Waals surface area (Å²) < 4.78 is 0. The summed E-state index contributed by atoms with van der Waals surface area (Å²) in [7, 11) is 0. The van der Waals surface area contributed by atoms with Crippen molar-refractivity contribution in [3.63, 3.8) is 0 Å². The molecule has 3 rings (SSSR count). The maximum Gasteiger partial charge on any atom is 0.0250 e. The van der Waals surface area contributed by atoms with Gasteiger partial charge in [-0.05, 0) is 32.2 Å². The third-order valence-corrected chi connectivity index (χ3v) is 5.60. The molecular formula is C16H31N3. The third kappa shape index (κ3) is 3.14. The van der Waals surface area contributed by atoms with Crippen LogP contribution >= 0.6 is 0 Å². The molecule has 1 N–H and O–H groups in total. The molecule has 0 radical (unpaired) electrons. The van der Waals surface area contributed by atoms with Crippen LogP contribution in [0.5, 0.6) is 0 Å². The Bertz CT molecular complexity index is 267. The maximum absolute atomic E-state index is 3.70. The van der Waals surface area contributed by atoms with Crippen LogP contribution < -0.4 is 5.32 Å². The number of nitrogens with one attached hydrogen (secondary N) is 1. The summed E-state index contributed by atoms with van der Waals surface area (Å²) in [5, 5.41) is 3.70. The molecule has 2 unspecified atom stereocenters. The molecule has 2 aliphatic carbocycles. The zero-order valence-corrected chi connectivity index (χ0v) is 12.6. The Labute approximate surface area is 118 Å². The summed E-state index contributed by atoms with van der Waals surface area (Å²) in [6.45, 7) is 8.63. The lowest BCUT2D eigenvalue weighted by atomic mass is 10.1. The highest BCUT2D eigenvalue weighted by atomic mass is 15.3. The normalized spacial score (nSPS) is 35.2. The van der Waals surface area contributed by atoms with Gasteiger partial charge in [0.05, 0.1) is 0 Å². The molecule has 2 saturated carbocycles. The van der Waals surface area contributed by atoms with Crippen molar-refractivity contribution in [2.75, 3.05) is 32.7 Å². The van der Waals surface area contributed by atoms with Crippen molar-refractivity contribution in [1.82, 2.24) is 15.1 Å². The average molecular weight is 265 g/mol. The van der Waals surface area contributed by atoms with E-state index in [4.69, 9.17) is 0 Å². The van der Waals surface area contributed by atoms with E-state index in [2.05, 4.69) is 22.0 Å². The number of nitrogens with zero attached hydrogens (tertiary/aromatic N) is 2. The van der Waals surface area contributed by atoms with E-state index in [9.17, 15) is 0 Å². The van der Waals surface area contributed by atoms with E-state index in [1.807, 2.05) is 0 Å². The molecule has 0 aromatic carbocycles. The Hall–Kier alpha value is -0.120. The number of piperazine rings is 1. The van der Waals surface area contributed by atoms with Gasteiger partial charge in [0, 0.05) is 44.3 Å². The lowest BCUT2D eigenvalue weighted by Crippen LogP contribution is -2.56. The second kappa shape index (κ2) is 6.55. The Kier molecular flexibility index (Phi) is 4.78. The first-order valence-electron chi connectivity index (χ1n) is 8.60. The number of rotatable bonds is 4. The topological polar surface area (TPSA) is 18.5 Å². The molecule has 1 saturated heterocycles. The maximum atomic E-state index is 3.70. The van der Waals surface area contributed by atoms with Crippen molar-refractivity contribution >= 4 is 0 Å². The summed E-state index contributed by atoms with van der Waals surface area (Å²) in [4.78, 5) is 5.56. The van der Waals surface area contributed by atoms with Crippen LogP contribution in [0.2, 0.25) is 0 Å². The first-order chi connectivity index (χ1) is 9.38. The second-order valence-electron chi connectivity index (χ2n) is 6.67. The molecule has 3 fully saturated rings. The quantitative estimate of drug-likeness (QED) is 0.839. The van der Waals surface area contributed by atoms with Gasteiger partial charge in [-0.15, -0.1) is 0 Å². The van der Waals surface area contributed by atoms with Gasteiger partial charge >= 0.3 is 0 Å². The predicted octanol–water partition coefficient (Wildman–Crippen LogP) is 2.08. The van der Waals surface area contributed by atoms with Crippen molar-refractivity contribution in [1.29, 1.82) is 0 Å². The van der Waals surface area contributed by atoms with Gasteiger partial charge in [0.15, 0.2) is 0 Å². The molecule has 1 aliphatic heterocycles. The first kappa shape index (κ1) is 13.8. The summed E-state index contributed by atoms with van der Waals surface area (Å²) in [5.41, 5.74) is 0. The molecule has 0 aromatic rings. The minimum absolute atomic E-state index is 0.767. The van der Waals surface area contributed by atoms with E-state index in [1.54, 1.807) is 0 Å². The highest BCUT2D eigenvalue weighted by molar-refractivity contribution is 4.93. The lowest BCUT2D eigenvalue weighted by molar-refractivity contribution is 0.0639. The lowest BCUT2D eigenvalue weighted by Gasteiger charge is -2.42. The molecule has 1 heterocycles. The fourth-order valence-corrected chi connectivity index (χ4v) is 4.58. The Morgan fingerprint density at radius 2 is 1.53 bits per heavy atom. The highest BCUT2D eigenvalue weighted by Crippen LogP contribution is 2.28. The van der Waals surface area contributed by atoms with Crippen LogP contribution in [-0.4, -0.2) is 60.6 Å². The van der Waals surface area contributed by atoms with E-state index in [1.165, 1.54) is 71.1 Å². The minimum atomic E-state index is 0.767. The van der Waals surface area contributed by atoms with Gasteiger partial charge in [0.25, 0.3) is 0 Å². The minimum Gasteiger partial charge on any atom is -0.313 e. The van der Waals surface area contributed by atoms with Gasteiger partial charge < -0.3 is 5.32 Å². The monoisotopic (exact) mass is 265 g/mol. The summed E-state index contributed by atoms with van der Waals surface area (Å²) in [6, 6.07) is 2.52. The van der Waals surface area contributed by atoms with Crippen molar-refractivity contribution < 1.29 is 0 Å². The van der Waals surface area contributed by atoms with Crippen molar-refractivity contribution in [3.05, 3.63) is 0 Å². The first-order valence-corrected chi connectivity index (χ1v) is 8.60. The molecule has 0 bridgehead atoms. The molecule has 0 amide bonds. The largest absolute Gasteiger partial charge is 0.313 e. The average Bonchev–Trinajstić information content (AvgIpc) is 3.10. The third-order valence-electron chi connectivity index (χ3n) is 5.60. The molecule has 3 aliphatic rings. The van der Waals surface area contributed by atoms with Crippen LogP contribution in [0.25, 0.3) is 0 Å². The fraction of sp³-hybridized carbons (Fsp3) is 1.00. The van der Waals surface area contributed by atoms with Crippen LogP contribution in [0.15, 0.2) is 0 Å². The zero-order chi connectivity index (χ0) is 13.1. The van der Waals surface area contributed by atoms with E-state index in [0.717, 1.165) is 24.7 Å². The highest BCUT2D eigenvalue weighted by Gasteiger charge is 2.34. The molecule has 0 aromatic heterocycles. The molecule has 3 heteroatoms. The standard InChI is InChI=1S/C16H31N3/c1-2-17-15-8-5-9-16(15)19-12-10-18(11-13-19)14-6-3-4-7-14/h14-17H,2-13H2,1H3. The Morgan fingerprint density at radius 1 is 0.842 bits per heavy atom. The Balaban J connectivity index is 1.49. The smallest absolute Gasteiger partial charge is 0.0250 e. The molecular weight excluding hydrogens is 234 g/mol. The van der Waals surface area contributed by atoms with Crippen LogP contribution in [0.3, 0.4) is 0 Å². The second-order valence-corrected chi connectivity index (χ2v) is 6.67. The number of likely N-dealkylation sites (N-methyl/N-ethyl adjacent to an activating group) is 1. The van der Waals surface area contributed by atoms with Crippen LogP contribution in [0, 0.1) is 0 Å².